The van der Waals surface area contributed by atoms with Crippen molar-refractivity contribution in [2.24, 2.45) is 5.92 Å². The maximum Gasteiger partial charge on any atom is 0.262 e. The molecule has 0 bridgehead atoms. The molecule has 2 aliphatic rings. The third-order valence-electron chi connectivity index (χ3n) is 5.39. The molecule has 4 rings (SSSR count). The third-order valence-corrected chi connectivity index (χ3v) is 5.39. The van der Waals surface area contributed by atoms with E-state index in [1.165, 1.54) is 0 Å². The number of nitrogens with zero attached hydrogens (tertiary/aromatic N) is 1. The highest BCUT2D eigenvalue weighted by Gasteiger charge is 2.29. The number of anilines is 1. The van der Waals surface area contributed by atoms with Crippen molar-refractivity contribution in [3.05, 3.63) is 53.6 Å². The molecular formula is C22H22N2O5. The molecule has 2 amide bonds. The number of ether oxygens (including phenoxy) is 2. The maximum absolute atomic E-state index is 12.9. The Morgan fingerprint density at radius 1 is 1.07 bits per heavy atom. The molecule has 0 spiro atoms. The van der Waals surface area contributed by atoms with Crippen LogP contribution in [-0.2, 0) is 4.79 Å². The number of carbonyl (C=O) groups is 3. The summed E-state index contributed by atoms with van der Waals surface area (Å²) in [5, 5.41) is 2.73. The van der Waals surface area contributed by atoms with Gasteiger partial charge in [-0.15, -0.1) is 0 Å². The standard InChI is InChI=1S/C22H22N2O5/c1-28-17-5-2-15(3-6-17)22(27)24-10-8-14(9-11-24)21(26)16-4-7-19-18(12-16)23-20(25)13-29-19/h2-7,12,14H,8-11,13H2,1H3,(H,23,25). The second kappa shape index (κ2) is 7.95. The lowest BCUT2D eigenvalue weighted by Gasteiger charge is -2.31. The average molecular weight is 394 g/mol. The van der Waals surface area contributed by atoms with Gasteiger partial charge in [-0.05, 0) is 55.3 Å². The van der Waals surface area contributed by atoms with Crippen LogP contribution in [-0.4, -0.2) is 49.3 Å². The lowest BCUT2D eigenvalue weighted by atomic mass is 9.88. The minimum absolute atomic E-state index is 0.0129. The van der Waals surface area contributed by atoms with E-state index in [4.69, 9.17) is 9.47 Å². The van der Waals surface area contributed by atoms with Crippen LogP contribution in [0.1, 0.15) is 33.6 Å². The highest BCUT2D eigenvalue weighted by Crippen LogP contribution is 2.31. The molecule has 2 heterocycles. The number of piperidine rings is 1. The molecule has 150 valence electrons. The first-order valence-corrected chi connectivity index (χ1v) is 9.59. The van der Waals surface area contributed by atoms with Gasteiger partial charge in [0.2, 0.25) is 0 Å². The molecule has 7 nitrogen and oxygen atoms in total. The number of likely N-dealkylation sites (tertiary alicyclic amines) is 1. The normalized spacial score (nSPS) is 16.4. The lowest BCUT2D eigenvalue weighted by Crippen LogP contribution is -2.40. The molecule has 2 aliphatic heterocycles. The molecule has 2 aromatic rings. The van der Waals surface area contributed by atoms with Crippen LogP contribution in [0.5, 0.6) is 11.5 Å². The summed E-state index contributed by atoms with van der Waals surface area (Å²) in [6.45, 7) is 1.05. The van der Waals surface area contributed by atoms with Crippen LogP contribution in [0, 0.1) is 5.92 Å². The molecule has 0 atom stereocenters. The van der Waals surface area contributed by atoms with E-state index in [0.29, 0.717) is 54.2 Å². The monoisotopic (exact) mass is 394 g/mol. The summed E-state index contributed by atoms with van der Waals surface area (Å²) in [4.78, 5) is 38.9. The number of fused-ring (bicyclic) bond motifs is 1. The molecule has 0 saturated carbocycles. The van der Waals surface area contributed by atoms with Crippen LogP contribution >= 0.6 is 0 Å². The molecule has 1 saturated heterocycles. The number of nitrogens with one attached hydrogen (secondary N) is 1. The first-order valence-electron chi connectivity index (χ1n) is 9.59. The number of rotatable bonds is 4. The van der Waals surface area contributed by atoms with Gasteiger partial charge in [-0.1, -0.05) is 0 Å². The van der Waals surface area contributed by atoms with Gasteiger partial charge >= 0.3 is 0 Å². The molecule has 0 aromatic heterocycles. The molecule has 1 N–H and O–H groups in total. The van der Waals surface area contributed by atoms with Gasteiger partial charge < -0.3 is 19.7 Å². The van der Waals surface area contributed by atoms with Gasteiger partial charge in [0.15, 0.2) is 12.4 Å². The van der Waals surface area contributed by atoms with Crippen molar-refractivity contribution in [1.29, 1.82) is 0 Å². The Balaban J connectivity index is 1.39. The number of amides is 2. The molecule has 0 aliphatic carbocycles. The Morgan fingerprint density at radius 3 is 2.45 bits per heavy atom. The van der Waals surface area contributed by atoms with Crippen LogP contribution in [0.15, 0.2) is 42.5 Å². The summed E-state index contributed by atoms with van der Waals surface area (Å²) < 4.78 is 10.5. The Labute approximate surface area is 168 Å². The molecule has 7 heteroatoms. The summed E-state index contributed by atoms with van der Waals surface area (Å²) in [6, 6.07) is 12.1. The summed E-state index contributed by atoms with van der Waals surface area (Å²) >= 11 is 0. The zero-order chi connectivity index (χ0) is 20.4. The number of ketones is 1. The summed E-state index contributed by atoms with van der Waals surface area (Å²) in [7, 11) is 1.59. The van der Waals surface area contributed by atoms with Crippen molar-refractivity contribution in [1.82, 2.24) is 4.90 Å². The first kappa shape index (κ1) is 19.0. The van der Waals surface area contributed by atoms with E-state index in [-0.39, 0.29) is 30.1 Å². The second-order valence-corrected chi connectivity index (χ2v) is 7.21. The Bertz CT molecular complexity index is 946. The minimum Gasteiger partial charge on any atom is -0.497 e. The van der Waals surface area contributed by atoms with Crippen LogP contribution < -0.4 is 14.8 Å². The number of carbonyl (C=O) groups excluding carboxylic acids is 3. The van der Waals surface area contributed by atoms with Crippen molar-refractivity contribution in [2.45, 2.75) is 12.8 Å². The Morgan fingerprint density at radius 2 is 1.76 bits per heavy atom. The number of hydrogen-bond acceptors (Lipinski definition) is 5. The van der Waals surface area contributed by atoms with Gasteiger partial charge in [0, 0.05) is 30.1 Å². The zero-order valence-corrected chi connectivity index (χ0v) is 16.1. The second-order valence-electron chi connectivity index (χ2n) is 7.21. The third kappa shape index (κ3) is 3.94. The van der Waals surface area contributed by atoms with Crippen LogP contribution in [0.3, 0.4) is 0 Å². The molecule has 1 fully saturated rings. The van der Waals surface area contributed by atoms with Gasteiger partial charge in [-0.25, -0.2) is 0 Å². The fourth-order valence-corrected chi connectivity index (χ4v) is 3.73. The van der Waals surface area contributed by atoms with E-state index in [1.54, 1.807) is 54.5 Å². The van der Waals surface area contributed by atoms with Crippen molar-refractivity contribution >= 4 is 23.3 Å². The predicted molar refractivity (Wildman–Crippen MR) is 107 cm³/mol. The first-order chi connectivity index (χ1) is 14.0. The SMILES string of the molecule is COc1ccc(C(=O)N2CCC(C(=O)c3ccc4c(c3)NC(=O)CO4)CC2)cc1. The summed E-state index contributed by atoms with van der Waals surface area (Å²) in [5.41, 5.74) is 1.69. The Kier molecular flexibility index (Phi) is 5.20. The topological polar surface area (TPSA) is 84.9 Å². The van der Waals surface area contributed by atoms with Gasteiger partial charge in [0.05, 0.1) is 12.8 Å². The number of Topliss-reactive ketones (excluding diaryl/α,β-unsaturated/α-hetero) is 1. The van der Waals surface area contributed by atoms with Gasteiger partial charge in [0.1, 0.15) is 11.5 Å². The molecule has 0 unspecified atom stereocenters. The largest absolute Gasteiger partial charge is 0.497 e. The molecule has 29 heavy (non-hydrogen) atoms. The fourth-order valence-electron chi connectivity index (χ4n) is 3.73. The molecular weight excluding hydrogens is 372 g/mol. The van der Waals surface area contributed by atoms with Gasteiger partial charge in [0.25, 0.3) is 11.8 Å². The van der Waals surface area contributed by atoms with Crippen LogP contribution in [0.25, 0.3) is 0 Å². The number of methoxy groups -OCH3 is 1. The summed E-state index contributed by atoms with van der Waals surface area (Å²) in [5.74, 6) is 0.899. The lowest BCUT2D eigenvalue weighted by molar-refractivity contribution is -0.118. The fraction of sp³-hybridized carbons (Fsp3) is 0.318. The zero-order valence-electron chi connectivity index (χ0n) is 16.1. The van der Waals surface area contributed by atoms with Crippen LogP contribution in [0.4, 0.5) is 5.69 Å². The quantitative estimate of drug-likeness (QED) is 0.806. The molecule has 0 radical (unpaired) electrons. The van der Waals surface area contributed by atoms with E-state index in [1.807, 2.05) is 0 Å². The van der Waals surface area contributed by atoms with E-state index in [9.17, 15) is 14.4 Å². The summed E-state index contributed by atoms with van der Waals surface area (Å²) in [6.07, 6.45) is 1.22. The number of benzene rings is 2. The van der Waals surface area contributed by atoms with Crippen molar-refractivity contribution in [3.8, 4) is 11.5 Å². The van der Waals surface area contributed by atoms with Gasteiger partial charge in [-0.3, -0.25) is 14.4 Å². The van der Waals surface area contributed by atoms with E-state index >= 15 is 0 Å². The smallest absolute Gasteiger partial charge is 0.262 e. The predicted octanol–water partition coefficient (Wildman–Crippen LogP) is 2.76. The number of hydrogen-bond donors (Lipinski definition) is 1. The van der Waals surface area contributed by atoms with Crippen molar-refractivity contribution in [2.75, 3.05) is 32.1 Å². The highest BCUT2D eigenvalue weighted by atomic mass is 16.5. The van der Waals surface area contributed by atoms with E-state index in [2.05, 4.69) is 5.32 Å². The Hall–Kier alpha value is -3.35. The molecule has 2 aromatic carbocycles. The highest BCUT2D eigenvalue weighted by molar-refractivity contribution is 6.02. The van der Waals surface area contributed by atoms with E-state index < -0.39 is 0 Å². The van der Waals surface area contributed by atoms with E-state index in [0.717, 1.165) is 0 Å². The van der Waals surface area contributed by atoms with Crippen molar-refractivity contribution in [3.63, 3.8) is 0 Å². The van der Waals surface area contributed by atoms with Crippen LogP contribution in [0.2, 0.25) is 0 Å². The minimum atomic E-state index is -0.229. The van der Waals surface area contributed by atoms with Gasteiger partial charge in [-0.2, -0.15) is 0 Å². The van der Waals surface area contributed by atoms with Crippen molar-refractivity contribution < 1.29 is 23.9 Å². The average Bonchev–Trinajstić information content (AvgIpc) is 2.77. The maximum atomic E-state index is 12.9.